The third-order valence-corrected chi connectivity index (χ3v) is 4.48. The minimum atomic E-state index is -4.26. The summed E-state index contributed by atoms with van der Waals surface area (Å²) < 4.78 is 57.0. The Morgan fingerprint density at radius 1 is 1.34 bits per heavy atom. The molecule has 1 amide bonds. The number of halogens is 4. The fourth-order valence-electron chi connectivity index (χ4n) is 2.95. The highest BCUT2D eigenvalue weighted by atomic mass is 19.3. The van der Waals surface area contributed by atoms with Gasteiger partial charge in [-0.2, -0.15) is 13.9 Å². The number of carbonyl (C=O) groups is 1. The summed E-state index contributed by atoms with van der Waals surface area (Å²) in [4.78, 5) is 20.1. The van der Waals surface area contributed by atoms with Crippen molar-refractivity contribution in [2.24, 2.45) is 0 Å². The lowest BCUT2D eigenvalue weighted by Gasteiger charge is -2.16. The van der Waals surface area contributed by atoms with Gasteiger partial charge in [0.1, 0.15) is 0 Å². The molecule has 3 rings (SSSR count). The maximum Gasteiger partial charge on any atom is 0.340 e. The van der Waals surface area contributed by atoms with Gasteiger partial charge in [-0.3, -0.25) is 14.5 Å². The van der Waals surface area contributed by atoms with Gasteiger partial charge >= 0.3 is 12.3 Å². The number of fused-ring (bicyclic) bond motifs is 1. The Kier molecular flexibility index (Phi) is 7.23. The van der Waals surface area contributed by atoms with E-state index in [0.717, 1.165) is 0 Å². The van der Waals surface area contributed by atoms with Crippen LogP contribution in [-0.2, 0) is 17.8 Å². The number of rotatable bonds is 10. The highest BCUT2D eigenvalue weighted by molar-refractivity contribution is 5.86. The molecule has 0 unspecified atom stereocenters. The smallest absolute Gasteiger partial charge is 0.340 e. The average molecular weight is 455 g/mol. The summed E-state index contributed by atoms with van der Waals surface area (Å²) in [5.41, 5.74) is 2.25. The molecule has 0 aliphatic carbocycles. The molecular formula is C20H21F4N5O3. The Morgan fingerprint density at radius 3 is 2.81 bits per heavy atom. The summed E-state index contributed by atoms with van der Waals surface area (Å²) in [5, 5.41) is 16.5. The fraction of sp³-hybridized carbons (Fsp3) is 0.400. The highest BCUT2D eigenvalue weighted by Gasteiger charge is 2.42. The van der Waals surface area contributed by atoms with Gasteiger partial charge in [-0.15, -0.1) is 0 Å². The predicted octanol–water partition coefficient (Wildman–Crippen LogP) is 2.11. The molecule has 0 bridgehead atoms. The first kappa shape index (κ1) is 23.4. The van der Waals surface area contributed by atoms with E-state index < -0.39 is 19.0 Å². The van der Waals surface area contributed by atoms with Gasteiger partial charge in [0.25, 0.3) is 0 Å². The molecule has 12 heteroatoms. The summed E-state index contributed by atoms with van der Waals surface area (Å²) in [6.45, 7) is 0.377. The van der Waals surface area contributed by atoms with Gasteiger partial charge in [0.05, 0.1) is 30.8 Å². The molecule has 0 saturated carbocycles. The highest BCUT2D eigenvalue weighted by Crippen LogP contribution is 2.25. The molecule has 0 fully saturated rings. The van der Waals surface area contributed by atoms with E-state index in [0.29, 0.717) is 27.7 Å². The number of nitrogens with zero attached hydrogens (tertiary/aromatic N) is 4. The molecule has 0 aliphatic heterocycles. The van der Waals surface area contributed by atoms with Crippen molar-refractivity contribution < 1.29 is 32.2 Å². The molecule has 3 heterocycles. The van der Waals surface area contributed by atoms with E-state index in [-0.39, 0.29) is 37.9 Å². The first-order chi connectivity index (χ1) is 15.2. The van der Waals surface area contributed by atoms with Crippen molar-refractivity contribution in [1.29, 1.82) is 0 Å². The van der Waals surface area contributed by atoms with Crippen LogP contribution >= 0.6 is 0 Å². The fourth-order valence-corrected chi connectivity index (χ4v) is 2.95. The van der Waals surface area contributed by atoms with Gasteiger partial charge in [0, 0.05) is 36.1 Å². The molecule has 8 nitrogen and oxygen atoms in total. The van der Waals surface area contributed by atoms with Crippen LogP contribution in [0.25, 0.3) is 10.9 Å². The summed E-state index contributed by atoms with van der Waals surface area (Å²) in [7, 11) is 0. The van der Waals surface area contributed by atoms with Gasteiger partial charge in [-0.05, 0) is 24.6 Å². The zero-order chi connectivity index (χ0) is 23.3. The summed E-state index contributed by atoms with van der Waals surface area (Å²) >= 11 is 0. The number of aryl methyl sites for hydroxylation is 1. The number of hydrogen-bond acceptors (Lipinski definition) is 6. The minimum Gasteiger partial charge on any atom is -0.471 e. The molecule has 0 atom stereocenters. The molecule has 3 aromatic rings. The van der Waals surface area contributed by atoms with Crippen molar-refractivity contribution in [1.82, 2.24) is 25.1 Å². The zero-order valence-electron chi connectivity index (χ0n) is 17.1. The van der Waals surface area contributed by atoms with Crippen molar-refractivity contribution >= 4 is 16.8 Å². The van der Waals surface area contributed by atoms with Crippen molar-refractivity contribution in [3.63, 3.8) is 0 Å². The number of amides is 1. The van der Waals surface area contributed by atoms with Crippen LogP contribution in [0.15, 0.2) is 30.7 Å². The molecule has 0 aromatic carbocycles. The van der Waals surface area contributed by atoms with Crippen LogP contribution in [-0.4, -0.2) is 62.9 Å². The van der Waals surface area contributed by atoms with Crippen molar-refractivity contribution in [3.8, 4) is 5.88 Å². The molecule has 2 N–H and O–H groups in total. The van der Waals surface area contributed by atoms with Crippen LogP contribution in [0.5, 0.6) is 5.88 Å². The van der Waals surface area contributed by atoms with Crippen LogP contribution in [0.2, 0.25) is 0 Å². The Balaban J connectivity index is 1.72. The molecule has 172 valence electrons. The number of pyridine rings is 2. The zero-order valence-corrected chi connectivity index (χ0v) is 17.1. The van der Waals surface area contributed by atoms with Crippen LogP contribution < -0.4 is 10.1 Å². The number of alkyl halides is 4. The summed E-state index contributed by atoms with van der Waals surface area (Å²) in [6.07, 6.45) is 0.855. The second-order valence-corrected chi connectivity index (χ2v) is 7.08. The lowest BCUT2D eigenvalue weighted by Crippen LogP contribution is -2.34. The van der Waals surface area contributed by atoms with E-state index in [4.69, 9.17) is 9.84 Å². The number of ether oxygens (including phenoxy) is 1. The molecule has 32 heavy (non-hydrogen) atoms. The van der Waals surface area contributed by atoms with Crippen LogP contribution in [0.1, 0.15) is 16.8 Å². The number of carbonyl (C=O) groups excluding carboxylic acids is 1. The molecule has 3 aromatic heterocycles. The third-order valence-electron chi connectivity index (χ3n) is 4.48. The molecule has 0 aliphatic rings. The first-order valence-electron chi connectivity index (χ1n) is 9.62. The first-order valence-corrected chi connectivity index (χ1v) is 9.62. The largest absolute Gasteiger partial charge is 0.471 e. The standard InChI is InChI=1S/C20H21F4N5O3/c1-12-6-13(8-27-18(12)32-11-20(23,24)19(21)22)9-29-10-14-15(28-29)2-3-25-16(14)7-17(31)26-4-5-30/h2-3,6,8,10,19,30H,4-5,7,9,11H2,1H3,(H,26,31). The van der Waals surface area contributed by atoms with Crippen LogP contribution in [0.3, 0.4) is 0 Å². The van der Waals surface area contributed by atoms with E-state index in [1.165, 1.54) is 6.20 Å². The SMILES string of the molecule is Cc1cc(Cn2cc3c(CC(=O)NCCO)nccc3n2)cnc1OCC(F)(F)C(F)F. The van der Waals surface area contributed by atoms with Crippen LogP contribution in [0.4, 0.5) is 17.6 Å². The van der Waals surface area contributed by atoms with Gasteiger partial charge in [0.2, 0.25) is 11.8 Å². The Hall–Kier alpha value is -3.28. The number of aliphatic hydroxyl groups is 1. The van der Waals surface area contributed by atoms with Crippen LogP contribution in [0, 0.1) is 6.92 Å². The number of nitrogens with one attached hydrogen (secondary N) is 1. The van der Waals surface area contributed by atoms with E-state index in [1.807, 2.05) is 0 Å². The number of aromatic nitrogens is 4. The average Bonchev–Trinajstić information content (AvgIpc) is 3.15. The third kappa shape index (κ3) is 5.69. The van der Waals surface area contributed by atoms with Crippen molar-refractivity contribution in [3.05, 3.63) is 47.5 Å². The minimum absolute atomic E-state index is 0.0268. The molecule has 0 radical (unpaired) electrons. The van der Waals surface area contributed by atoms with E-state index in [1.54, 1.807) is 36.1 Å². The molecule has 0 spiro atoms. The quantitative estimate of drug-likeness (QED) is 0.454. The Morgan fingerprint density at radius 2 is 2.12 bits per heavy atom. The van der Waals surface area contributed by atoms with Crippen molar-refractivity contribution in [2.75, 3.05) is 19.8 Å². The number of aliphatic hydroxyl groups excluding tert-OH is 1. The maximum absolute atomic E-state index is 13.0. The topological polar surface area (TPSA) is 102 Å². The van der Waals surface area contributed by atoms with E-state index in [2.05, 4.69) is 20.4 Å². The maximum atomic E-state index is 13.0. The summed E-state index contributed by atoms with van der Waals surface area (Å²) in [6, 6.07) is 3.33. The van der Waals surface area contributed by atoms with Gasteiger partial charge in [0.15, 0.2) is 6.61 Å². The molecular weight excluding hydrogens is 434 g/mol. The lowest BCUT2D eigenvalue weighted by atomic mass is 10.2. The van der Waals surface area contributed by atoms with Crippen molar-refractivity contribution in [2.45, 2.75) is 32.2 Å². The Labute approximate surface area is 180 Å². The predicted molar refractivity (Wildman–Crippen MR) is 106 cm³/mol. The second kappa shape index (κ2) is 9.90. The Bertz CT molecular complexity index is 1090. The number of hydrogen-bond donors (Lipinski definition) is 2. The summed E-state index contributed by atoms with van der Waals surface area (Å²) in [5.74, 6) is -4.69. The van der Waals surface area contributed by atoms with Gasteiger partial charge < -0.3 is 15.2 Å². The van der Waals surface area contributed by atoms with E-state index >= 15 is 0 Å². The monoisotopic (exact) mass is 455 g/mol. The van der Waals surface area contributed by atoms with E-state index in [9.17, 15) is 22.4 Å². The second-order valence-electron chi connectivity index (χ2n) is 7.08. The van der Waals surface area contributed by atoms with Gasteiger partial charge in [-0.25, -0.2) is 13.8 Å². The molecule has 0 saturated heterocycles. The van der Waals surface area contributed by atoms with Gasteiger partial charge in [-0.1, -0.05) is 0 Å². The normalized spacial score (nSPS) is 11.8. The lowest BCUT2D eigenvalue weighted by molar-refractivity contribution is -0.148.